The van der Waals surface area contributed by atoms with Crippen molar-refractivity contribution < 1.29 is 0 Å². The quantitative estimate of drug-likeness (QED) is 0.899. The van der Waals surface area contributed by atoms with Crippen LogP contribution in [-0.4, -0.2) is 22.5 Å². The minimum atomic E-state index is 0.427. The lowest BCUT2D eigenvalue weighted by atomic mass is 9.82. The molecule has 0 radical (unpaired) electrons. The van der Waals surface area contributed by atoms with Gasteiger partial charge in [0.1, 0.15) is 0 Å². The first kappa shape index (κ1) is 12.4. The number of aryl methyl sites for hydroxylation is 1. The number of hydrogen-bond acceptors (Lipinski definition) is 4. The maximum Gasteiger partial charge on any atom is 0.0897 e. The smallest absolute Gasteiger partial charge is 0.0897 e. The van der Waals surface area contributed by atoms with Crippen LogP contribution in [-0.2, 0) is 6.54 Å². The normalized spacial score (nSPS) is 24.6. The standard InChI is InChI=1S/C12H20N2S2/c1-9-14-10(7-16-9)6-13-11-8-15-5-4-12(11,2)3/h7,11,13H,4-6,8H2,1-3H3. The Balaban J connectivity index is 1.89. The van der Waals surface area contributed by atoms with Gasteiger partial charge in [0.2, 0.25) is 0 Å². The van der Waals surface area contributed by atoms with E-state index in [4.69, 9.17) is 0 Å². The van der Waals surface area contributed by atoms with E-state index in [1.807, 2.05) is 0 Å². The van der Waals surface area contributed by atoms with Gasteiger partial charge in [-0.15, -0.1) is 11.3 Å². The molecule has 1 aliphatic rings. The molecule has 1 N–H and O–H groups in total. The monoisotopic (exact) mass is 256 g/mol. The van der Waals surface area contributed by atoms with Crippen LogP contribution in [0.25, 0.3) is 0 Å². The molecule has 4 heteroatoms. The zero-order valence-electron chi connectivity index (χ0n) is 10.2. The van der Waals surface area contributed by atoms with Gasteiger partial charge in [-0.25, -0.2) is 4.98 Å². The van der Waals surface area contributed by atoms with Crippen LogP contribution in [0.5, 0.6) is 0 Å². The van der Waals surface area contributed by atoms with Gasteiger partial charge >= 0.3 is 0 Å². The molecule has 1 fully saturated rings. The number of thiazole rings is 1. The van der Waals surface area contributed by atoms with Gasteiger partial charge in [0, 0.05) is 23.7 Å². The molecule has 1 atom stereocenters. The van der Waals surface area contributed by atoms with E-state index < -0.39 is 0 Å². The fourth-order valence-electron chi connectivity index (χ4n) is 1.99. The third kappa shape index (κ3) is 2.99. The Labute approximate surface area is 106 Å². The number of thioether (sulfide) groups is 1. The molecule has 1 aromatic heterocycles. The lowest BCUT2D eigenvalue weighted by molar-refractivity contribution is 0.244. The summed E-state index contributed by atoms with van der Waals surface area (Å²) >= 11 is 3.80. The molecular weight excluding hydrogens is 236 g/mol. The summed E-state index contributed by atoms with van der Waals surface area (Å²) in [5.74, 6) is 2.54. The summed E-state index contributed by atoms with van der Waals surface area (Å²) in [5, 5.41) is 6.98. The topological polar surface area (TPSA) is 24.9 Å². The third-order valence-electron chi connectivity index (χ3n) is 3.31. The molecule has 1 aromatic rings. The van der Waals surface area contributed by atoms with Crippen LogP contribution in [0, 0.1) is 12.3 Å². The third-order valence-corrected chi connectivity index (χ3v) is 5.20. The first-order valence-corrected chi connectivity index (χ1v) is 7.83. The Morgan fingerprint density at radius 2 is 2.38 bits per heavy atom. The van der Waals surface area contributed by atoms with Gasteiger partial charge in [-0.1, -0.05) is 13.8 Å². The first-order chi connectivity index (χ1) is 7.58. The van der Waals surface area contributed by atoms with E-state index in [1.54, 1.807) is 11.3 Å². The number of aromatic nitrogens is 1. The van der Waals surface area contributed by atoms with Crippen molar-refractivity contribution in [3.8, 4) is 0 Å². The fraction of sp³-hybridized carbons (Fsp3) is 0.750. The van der Waals surface area contributed by atoms with Crippen molar-refractivity contribution in [1.29, 1.82) is 0 Å². The summed E-state index contributed by atoms with van der Waals surface area (Å²) < 4.78 is 0. The largest absolute Gasteiger partial charge is 0.307 e. The number of rotatable bonds is 3. The molecule has 90 valence electrons. The molecular formula is C12H20N2S2. The fourth-order valence-corrected chi connectivity index (χ4v) is 4.24. The van der Waals surface area contributed by atoms with Crippen LogP contribution in [0.2, 0.25) is 0 Å². The van der Waals surface area contributed by atoms with Gasteiger partial charge in [-0.2, -0.15) is 11.8 Å². The molecule has 0 aliphatic carbocycles. The van der Waals surface area contributed by atoms with Crippen LogP contribution in [0.15, 0.2) is 5.38 Å². The molecule has 2 heterocycles. The van der Waals surface area contributed by atoms with Crippen molar-refractivity contribution in [1.82, 2.24) is 10.3 Å². The molecule has 1 unspecified atom stereocenters. The van der Waals surface area contributed by atoms with Crippen molar-refractivity contribution in [2.24, 2.45) is 5.41 Å². The van der Waals surface area contributed by atoms with Crippen LogP contribution < -0.4 is 5.32 Å². The highest BCUT2D eigenvalue weighted by Crippen LogP contribution is 2.34. The van der Waals surface area contributed by atoms with Gasteiger partial charge in [0.25, 0.3) is 0 Å². The summed E-state index contributed by atoms with van der Waals surface area (Å²) in [6.45, 7) is 7.72. The van der Waals surface area contributed by atoms with Crippen molar-refractivity contribution in [3.05, 3.63) is 16.1 Å². The van der Waals surface area contributed by atoms with E-state index in [-0.39, 0.29) is 0 Å². The lowest BCUT2D eigenvalue weighted by Crippen LogP contribution is -2.46. The van der Waals surface area contributed by atoms with Gasteiger partial charge in [0.05, 0.1) is 10.7 Å². The van der Waals surface area contributed by atoms with Gasteiger partial charge in [-0.05, 0) is 24.5 Å². The average molecular weight is 256 g/mol. The number of nitrogens with zero attached hydrogens (tertiary/aromatic N) is 1. The zero-order chi connectivity index (χ0) is 11.6. The Bertz CT molecular complexity index is 347. The predicted molar refractivity (Wildman–Crippen MR) is 73.2 cm³/mol. The van der Waals surface area contributed by atoms with E-state index >= 15 is 0 Å². The SMILES string of the molecule is Cc1nc(CNC2CSCCC2(C)C)cs1. The molecule has 0 bridgehead atoms. The number of nitrogens with one attached hydrogen (secondary N) is 1. The second-order valence-electron chi connectivity index (χ2n) is 5.10. The van der Waals surface area contributed by atoms with E-state index in [1.165, 1.54) is 23.6 Å². The molecule has 16 heavy (non-hydrogen) atoms. The summed E-state index contributed by atoms with van der Waals surface area (Å²) in [7, 11) is 0. The van der Waals surface area contributed by atoms with E-state index in [9.17, 15) is 0 Å². The van der Waals surface area contributed by atoms with Crippen molar-refractivity contribution in [2.45, 2.75) is 39.8 Å². The first-order valence-electron chi connectivity index (χ1n) is 5.80. The van der Waals surface area contributed by atoms with Gasteiger partial charge < -0.3 is 5.32 Å². The Morgan fingerprint density at radius 1 is 1.56 bits per heavy atom. The Hall–Kier alpha value is -0.0600. The molecule has 0 aromatic carbocycles. The van der Waals surface area contributed by atoms with Crippen LogP contribution >= 0.6 is 23.1 Å². The second-order valence-corrected chi connectivity index (χ2v) is 7.32. The maximum absolute atomic E-state index is 4.49. The van der Waals surface area contributed by atoms with Crippen molar-refractivity contribution >= 4 is 23.1 Å². The minimum absolute atomic E-state index is 0.427. The summed E-state index contributed by atoms with van der Waals surface area (Å²) in [4.78, 5) is 4.49. The van der Waals surface area contributed by atoms with E-state index in [2.05, 4.69) is 48.2 Å². The number of hydrogen-bond donors (Lipinski definition) is 1. The predicted octanol–water partition coefficient (Wildman–Crippen LogP) is 3.07. The second kappa shape index (κ2) is 5.07. The van der Waals surface area contributed by atoms with E-state index in [0.29, 0.717) is 11.5 Å². The lowest BCUT2D eigenvalue weighted by Gasteiger charge is -2.38. The maximum atomic E-state index is 4.49. The molecule has 0 spiro atoms. The molecule has 2 rings (SSSR count). The molecule has 2 nitrogen and oxygen atoms in total. The molecule has 1 aliphatic heterocycles. The molecule has 0 amide bonds. The van der Waals surface area contributed by atoms with Crippen LogP contribution in [0.4, 0.5) is 0 Å². The highest BCUT2D eigenvalue weighted by molar-refractivity contribution is 7.99. The summed E-state index contributed by atoms with van der Waals surface area (Å²) in [6, 6.07) is 0.619. The Kier molecular flexibility index (Phi) is 3.93. The van der Waals surface area contributed by atoms with Crippen molar-refractivity contribution in [3.63, 3.8) is 0 Å². The highest BCUT2D eigenvalue weighted by Gasteiger charge is 2.32. The van der Waals surface area contributed by atoms with Crippen LogP contribution in [0.1, 0.15) is 31.0 Å². The molecule has 0 saturated carbocycles. The average Bonchev–Trinajstić information content (AvgIpc) is 2.62. The molecule has 1 saturated heterocycles. The van der Waals surface area contributed by atoms with E-state index in [0.717, 1.165) is 11.6 Å². The minimum Gasteiger partial charge on any atom is -0.307 e. The summed E-state index contributed by atoms with van der Waals surface area (Å²) in [6.07, 6.45) is 1.31. The zero-order valence-corrected chi connectivity index (χ0v) is 11.9. The highest BCUT2D eigenvalue weighted by atomic mass is 32.2. The Morgan fingerprint density at radius 3 is 3.00 bits per heavy atom. The van der Waals surface area contributed by atoms with Gasteiger partial charge in [-0.3, -0.25) is 0 Å². The van der Waals surface area contributed by atoms with Crippen LogP contribution in [0.3, 0.4) is 0 Å². The van der Waals surface area contributed by atoms with Gasteiger partial charge in [0.15, 0.2) is 0 Å². The summed E-state index contributed by atoms with van der Waals surface area (Å²) in [5.41, 5.74) is 1.62. The van der Waals surface area contributed by atoms with Crippen molar-refractivity contribution in [2.75, 3.05) is 11.5 Å².